The molecular weight excluding hydrogens is 740 g/mol. The van der Waals surface area contributed by atoms with Crippen LogP contribution in [0.2, 0.25) is 0 Å². The molecule has 1 heterocycles. The summed E-state index contributed by atoms with van der Waals surface area (Å²) in [6, 6.07) is 27.3. The van der Waals surface area contributed by atoms with Gasteiger partial charge >= 0.3 is 17.4 Å². The van der Waals surface area contributed by atoms with Crippen molar-refractivity contribution in [3.8, 4) is 11.5 Å². The highest BCUT2D eigenvalue weighted by molar-refractivity contribution is 7.97. The van der Waals surface area contributed by atoms with E-state index in [1.807, 2.05) is 24.3 Å². The minimum absolute atomic E-state index is 0.0829. The Morgan fingerprint density at radius 1 is 0.868 bits per heavy atom. The number of benzene rings is 3. The molecule has 0 saturated heterocycles. The van der Waals surface area contributed by atoms with Crippen LogP contribution in [0, 0.1) is 28.6 Å². The fraction of sp³-hybridized carbons (Fsp3) is 0.487. The molecule has 53 heavy (non-hydrogen) atoms. The molecule has 0 N–H and O–H groups in total. The molecule has 5 aliphatic rings. The smallest absolute Gasteiger partial charge is 0.399 e. The van der Waals surface area contributed by atoms with Gasteiger partial charge in [-0.1, -0.05) is 49.4 Å². The molecule has 7 nitrogen and oxygen atoms in total. The normalized spacial score (nSPS) is 25.6. The third kappa shape index (κ3) is 7.60. The first kappa shape index (κ1) is 39.2. The highest BCUT2D eigenvalue weighted by Gasteiger charge is 2.66. The van der Waals surface area contributed by atoms with Gasteiger partial charge < -0.3 is 14.0 Å². The van der Waals surface area contributed by atoms with Crippen molar-refractivity contribution < 1.29 is 54.0 Å². The monoisotopic (exact) mass is 780 g/mol. The van der Waals surface area contributed by atoms with Crippen molar-refractivity contribution in [2.24, 2.45) is 28.6 Å². The molecule has 3 aromatic carbocycles. The minimum Gasteiger partial charge on any atom is -0.743 e. The van der Waals surface area contributed by atoms with Crippen LogP contribution in [0.25, 0.3) is 0 Å². The van der Waals surface area contributed by atoms with E-state index in [0.29, 0.717) is 25.7 Å². The number of hydrogen-bond acceptors (Lipinski definition) is 7. The van der Waals surface area contributed by atoms with Crippen LogP contribution in [0.5, 0.6) is 11.5 Å². The average Bonchev–Trinajstić information content (AvgIpc) is 3.08. The Hall–Kier alpha value is -3.49. The number of rotatable bonds is 9. The number of Topliss-reactive ketones (excluding diaryl/α,β-unsaturated/α-hetero) is 1. The third-order valence-corrected chi connectivity index (χ3v) is 14.5. The molecule has 4 bridgehead atoms. The van der Waals surface area contributed by atoms with E-state index in [9.17, 15) is 44.5 Å². The Bertz CT molecular complexity index is 1910. The zero-order valence-corrected chi connectivity index (χ0v) is 31.1. The van der Waals surface area contributed by atoms with Gasteiger partial charge in [0, 0.05) is 11.8 Å². The van der Waals surface area contributed by atoms with E-state index in [1.165, 1.54) is 14.7 Å². The topological polar surface area (TPSA) is 110 Å². The van der Waals surface area contributed by atoms with E-state index in [0.717, 1.165) is 11.5 Å². The van der Waals surface area contributed by atoms with Crippen molar-refractivity contribution in [2.75, 3.05) is 0 Å². The van der Waals surface area contributed by atoms with E-state index in [1.54, 1.807) is 20.8 Å². The second kappa shape index (κ2) is 14.0. The Morgan fingerprint density at radius 3 is 1.87 bits per heavy atom. The van der Waals surface area contributed by atoms with Gasteiger partial charge in [0.1, 0.15) is 28.2 Å². The molecule has 3 atom stereocenters. The second-order valence-electron chi connectivity index (χ2n) is 15.4. The van der Waals surface area contributed by atoms with Gasteiger partial charge in [0.25, 0.3) is 0 Å². The van der Waals surface area contributed by atoms with Crippen LogP contribution in [-0.4, -0.2) is 41.8 Å². The van der Waals surface area contributed by atoms with Crippen LogP contribution in [0.4, 0.5) is 22.0 Å². The zero-order chi connectivity index (χ0) is 38.6. The Morgan fingerprint density at radius 2 is 1.38 bits per heavy atom. The number of esters is 1. The van der Waals surface area contributed by atoms with E-state index in [-0.39, 0.29) is 42.0 Å². The molecule has 0 radical (unpaired) electrons. The van der Waals surface area contributed by atoms with E-state index in [2.05, 4.69) is 54.6 Å². The zero-order valence-electron chi connectivity index (χ0n) is 29.5. The Kier molecular flexibility index (Phi) is 10.3. The third-order valence-electron chi connectivity index (χ3n) is 11.2. The van der Waals surface area contributed by atoms with Gasteiger partial charge in [0.2, 0.25) is 9.79 Å². The van der Waals surface area contributed by atoms with E-state index < -0.39 is 62.1 Å². The van der Waals surface area contributed by atoms with Crippen molar-refractivity contribution in [1.82, 2.24) is 0 Å². The van der Waals surface area contributed by atoms with Crippen molar-refractivity contribution in [1.29, 1.82) is 0 Å². The van der Waals surface area contributed by atoms with Crippen LogP contribution in [0.1, 0.15) is 72.1 Å². The molecule has 3 aromatic rings. The predicted octanol–water partition coefficient (Wildman–Crippen LogP) is 9.47. The molecular formula is C39H41F5O7S2. The Labute approximate surface area is 308 Å². The summed E-state index contributed by atoms with van der Waals surface area (Å²) in [4.78, 5) is 29.7. The van der Waals surface area contributed by atoms with Crippen LogP contribution >= 0.6 is 0 Å². The van der Waals surface area contributed by atoms with Crippen molar-refractivity contribution in [3.63, 3.8) is 0 Å². The van der Waals surface area contributed by atoms with Crippen molar-refractivity contribution in [2.45, 2.75) is 104 Å². The average molecular weight is 781 g/mol. The maximum atomic E-state index is 14.0. The number of alkyl halides is 5. The van der Waals surface area contributed by atoms with Gasteiger partial charge in [-0.15, -0.1) is 0 Å². The summed E-state index contributed by atoms with van der Waals surface area (Å²) in [6.45, 7) is 5.18. The summed E-state index contributed by atoms with van der Waals surface area (Å²) in [7, 11) is -6.74. The van der Waals surface area contributed by atoms with Crippen LogP contribution in [0.3, 0.4) is 0 Å². The quantitative estimate of drug-likeness (QED) is 0.0721. The highest BCUT2D eigenvalue weighted by Crippen LogP contribution is 2.64. The SMILES string of the molecule is CCC(C)(C)C(=O)OC12CC3CC(C1)CC(C(=O)CC(C(F)(F)F)C(F)(F)S(=O)(=O)[O-])(C3)C2.c1ccc([S+]2c3ccccc3Oc3ccccc32)cc1. The molecule has 1 aliphatic heterocycles. The first-order valence-corrected chi connectivity index (χ1v) is 20.2. The number of ether oxygens (including phenoxy) is 2. The Balaban J connectivity index is 0.000000203. The van der Waals surface area contributed by atoms with Crippen LogP contribution in [0.15, 0.2) is 93.5 Å². The van der Waals surface area contributed by atoms with Gasteiger partial charge in [-0.3, -0.25) is 9.59 Å². The molecule has 14 heteroatoms. The van der Waals surface area contributed by atoms with Crippen LogP contribution < -0.4 is 4.74 Å². The maximum Gasteiger partial charge on any atom is 0.399 e. The largest absolute Gasteiger partial charge is 0.743 e. The summed E-state index contributed by atoms with van der Waals surface area (Å²) in [6.07, 6.45) is -5.30. The van der Waals surface area contributed by atoms with Gasteiger partial charge in [0.15, 0.2) is 26.5 Å². The number of carbonyl (C=O) groups is 2. The number of fused-ring (bicyclic) bond motifs is 2. The van der Waals surface area contributed by atoms with E-state index in [4.69, 9.17) is 9.47 Å². The lowest BCUT2D eigenvalue weighted by Crippen LogP contribution is -2.61. The lowest BCUT2D eigenvalue weighted by atomic mass is 9.46. The molecule has 4 fully saturated rings. The van der Waals surface area contributed by atoms with Gasteiger partial charge in [0.05, 0.1) is 5.41 Å². The molecule has 0 spiro atoms. The fourth-order valence-electron chi connectivity index (χ4n) is 8.56. The first-order chi connectivity index (χ1) is 24.7. The molecule has 8 rings (SSSR count). The molecule has 3 unspecified atom stereocenters. The van der Waals surface area contributed by atoms with Gasteiger partial charge in [-0.05, 0) is 107 Å². The fourth-order valence-corrected chi connectivity index (χ4v) is 11.3. The number of halogens is 5. The molecule has 4 aliphatic carbocycles. The maximum absolute atomic E-state index is 14.0. The predicted molar refractivity (Wildman–Crippen MR) is 185 cm³/mol. The van der Waals surface area contributed by atoms with Crippen molar-refractivity contribution in [3.05, 3.63) is 78.9 Å². The summed E-state index contributed by atoms with van der Waals surface area (Å²) in [5.74, 6) is -3.90. The lowest BCUT2D eigenvalue weighted by molar-refractivity contribution is -0.226. The summed E-state index contributed by atoms with van der Waals surface area (Å²) >= 11 is 0. The number of carbonyl (C=O) groups excluding carboxylic acids is 2. The van der Waals surface area contributed by atoms with Gasteiger partial charge in [-0.2, -0.15) is 22.0 Å². The first-order valence-electron chi connectivity index (χ1n) is 17.5. The molecule has 0 aromatic heterocycles. The number of hydrogen-bond donors (Lipinski definition) is 0. The minimum atomic E-state index is -6.66. The molecule has 4 saturated carbocycles. The molecule has 0 amide bonds. The summed E-state index contributed by atoms with van der Waals surface area (Å²) < 4.78 is 113. The highest BCUT2D eigenvalue weighted by atomic mass is 32.2. The number of para-hydroxylation sites is 2. The van der Waals surface area contributed by atoms with Crippen LogP contribution in [-0.2, 0) is 35.3 Å². The second-order valence-corrected chi connectivity index (χ2v) is 18.8. The molecule has 286 valence electrons. The van der Waals surface area contributed by atoms with E-state index >= 15 is 0 Å². The van der Waals surface area contributed by atoms with Gasteiger partial charge in [-0.25, -0.2) is 8.42 Å². The lowest BCUT2D eigenvalue weighted by Gasteiger charge is -2.61. The van der Waals surface area contributed by atoms with Crippen molar-refractivity contribution >= 4 is 32.8 Å². The summed E-state index contributed by atoms with van der Waals surface area (Å²) in [5.41, 5.74) is -3.30. The number of ketones is 1. The standard InChI is InChI=1S/C21H29F5O6S.C18H13OS/c1-4-17(2,3)16(28)32-19-9-12-5-13(10-19)8-18(7-12,11-19)15(27)6-14(20(22,23)24)21(25,26)33(29,30)31;1-2-8-14(9-3-1)20-17-12-6-4-10-15(17)19-16-11-5-7-13-18(16)20/h12-14H,4-11H2,1-3H3,(H,29,30,31);1-13H/q;+1/p-1. The summed E-state index contributed by atoms with van der Waals surface area (Å²) in [5, 5.41) is -5.68.